The second-order valence-electron chi connectivity index (χ2n) is 4.20. The summed E-state index contributed by atoms with van der Waals surface area (Å²) in [5.41, 5.74) is 0. The highest BCUT2D eigenvalue weighted by molar-refractivity contribution is 4.82. The number of nitrogens with zero attached hydrogens (tertiary/aromatic N) is 5. The summed E-state index contributed by atoms with van der Waals surface area (Å²) in [5, 5.41) is 15.3. The fourth-order valence-corrected chi connectivity index (χ4v) is 1.98. The summed E-state index contributed by atoms with van der Waals surface area (Å²) < 4.78 is 1.92. The Morgan fingerprint density at radius 3 is 3.12 bits per heavy atom. The number of aryl methyl sites for hydroxylation is 1. The van der Waals surface area contributed by atoms with Crippen LogP contribution >= 0.6 is 0 Å². The smallest absolute Gasteiger partial charge is 0.165 e. The Hall–Kier alpha value is -1.01. The molecule has 1 N–H and O–H groups in total. The Labute approximate surface area is 96.0 Å². The molecule has 0 unspecified atom stereocenters. The summed E-state index contributed by atoms with van der Waals surface area (Å²) in [6.45, 7) is 8.32. The second-order valence-corrected chi connectivity index (χ2v) is 4.20. The van der Waals surface area contributed by atoms with Crippen LogP contribution in [0.1, 0.15) is 25.6 Å². The minimum Gasteiger partial charge on any atom is -0.315 e. The molecule has 90 valence electrons. The summed E-state index contributed by atoms with van der Waals surface area (Å²) in [6.07, 6.45) is 2.27. The maximum absolute atomic E-state index is 4.10. The SMILES string of the molecule is CCCn1nnnc1CN1CCCNCC1. The molecule has 6 heteroatoms. The number of nitrogens with one attached hydrogen (secondary N) is 1. The molecule has 1 aromatic rings. The maximum Gasteiger partial charge on any atom is 0.165 e. The van der Waals surface area contributed by atoms with Crippen molar-refractivity contribution in [2.75, 3.05) is 26.2 Å². The zero-order valence-corrected chi connectivity index (χ0v) is 9.89. The van der Waals surface area contributed by atoms with E-state index < -0.39 is 0 Å². The third-order valence-electron chi connectivity index (χ3n) is 2.84. The Bertz CT molecular complexity index is 302. The number of tetrazole rings is 1. The van der Waals surface area contributed by atoms with Crippen molar-refractivity contribution in [3.63, 3.8) is 0 Å². The highest BCUT2D eigenvalue weighted by Gasteiger charge is 2.13. The van der Waals surface area contributed by atoms with Crippen molar-refractivity contribution in [1.82, 2.24) is 30.4 Å². The van der Waals surface area contributed by atoms with E-state index in [-0.39, 0.29) is 0 Å². The molecule has 0 amide bonds. The summed E-state index contributed by atoms with van der Waals surface area (Å²) in [5.74, 6) is 0.990. The molecule has 6 nitrogen and oxygen atoms in total. The number of hydrogen-bond acceptors (Lipinski definition) is 5. The minimum absolute atomic E-state index is 0.870. The third kappa shape index (κ3) is 2.99. The van der Waals surface area contributed by atoms with Gasteiger partial charge in [0.15, 0.2) is 5.82 Å². The molecule has 16 heavy (non-hydrogen) atoms. The lowest BCUT2D eigenvalue weighted by molar-refractivity contribution is 0.270. The van der Waals surface area contributed by atoms with Crippen LogP contribution in [0.5, 0.6) is 0 Å². The van der Waals surface area contributed by atoms with E-state index in [0.29, 0.717) is 0 Å². The molecule has 1 aromatic heterocycles. The summed E-state index contributed by atoms with van der Waals surface area (Å²) >= 11 is 0. The van der Waals surface area contributed by atoms with Crippen LogP contribution in [0.3, 0.4) is 0 Å². The van der Waals surface area contributed by atoms with Crippen LogP contribution in [0.25, 0.3) is 0 Å². The van der Waals surface area contributed by atoms with E-state index in [1.165, 1.54) is 6.42 Å². The Morgan fingerprint density at radius 2 is 2.25 bits per heavy atom. The fraction of sp³-hybridized carbons (Fsp3) is 0.900. The van der Waals surface area contributed by atoms with Gasteiger partial charge in [0.2, 0.25) is 0 Å². The van der Waals surface area contributed by atoms with Gasteiger partial charge in [-0.3, -0.25) is 4.90 Å². The van der Waals surface area contributed by atoms with Crippen molar-refractivity contribution in [2.45, 2.75) is 32.9 Å². The number of rotatable bonds is 4. The van der Waals surface area contributed by atoms with Gasteiger partial charge in [-0.1, -0.05) is 6.92 Å². The maximum atomic E-state index is 4.10. The minimum atomic E-state index is 0.870. The molecule has 1 aliphatic rings. The highest BCUT2D eigenvalue weighted by atomic mass is 15.5. The molecule has 1 aliphatic heterocycles. The monoisotopic (exact) mass is 224 g/mol. The van der Waals surface area contributed by atoms with Crippen molar-refractivity contribution >= 4 is 0 Å². The topological polar surface area (TPSA) is 58.9 Å². The molecule has 1 saturated heterocycles. The van der Waals surface area contributed by atoms with E-state index in [4.69, 9.17) is 0 Å². The first-order valence-corrected chi connectivity index (χ1v) is 6.08. The van der Waals surface area contributed by atoms with E-state index in [1.54, 1.807) is 0 Å². The number of aromatic nitrogens is 4. The van der Waals surface area contributed by atoms with Gasteiger partial charge in [-0.25, -0.2) is 4.68 Å². The first-order valence-electron chi connectivity index (χ1n) is 6.08. The van der Waals surface area contributed by atoms with Crippen LogP contribution < -0.4 is 5.32 Å². The van der Waals surface area contributed by atoms with Crippen molar-refractivity contribution in [1.29, 1.82) is 0 Å². The second kappa shape index (κ2) is 5.91. The summed E-state index contributed by atoms with van der Waals surface area (Å²) in [4.78, 5) is 2.41. The van der Waals surface area contributed by atoms with Crippen LogP contribution in [-0.2, 0) is 13.1 Å². The van der Waals surface area contributed by atoms with Gasteiger partial charge in [0.25, 0.3) is 0 Å². The van der Waals surface area contributed by atoms with Gasteiger partial charge in [-0.2, -0.15) is 0 Å². The molecular formula is C10H20N6. The highest BCUT2D eigenvalue weighted by Crippen LogP contribution is 2.03. The fourth-order valence-electron chi connectivity index (χ4n) is 1.98. The largest absolute Gasteiger partial charge is 0.315 e. The lowest BCUT2D eigenvalue weighted by atomic mass is 10.4. The summed E-state index contributed by atoms with van der Waals surface area (Å²) in [6, 6.07) is 0. The van der Waals surface area contributed by atoms with Crippen LogP contribution in [0.15, 0.2) is 0 Å². The lowest BCUT2D eigenvalue weighted by Gasteiger charge is -2.18. The molecule has 2 rings (SSSR count). The molecule has 0 saturated carbocycles. The van der Waals surface area contributed by atoms with E-state index in [9.17, 15) is 0 Å². The van der Waals surface area contributed by atoms with Gasteiger partial charge in [-0.15, -0.1) is 5.10 Å². The van der Waals surface area contributed by atoms with E-state index in [2.05, 4.69) is 32.7 Å². The van der Waals surface area contributed by atoms with Gasteiger partial charge in [-0.05, 0) is 36.4 Å². The van der Waals surface area contributed by atoms with Crippen LogP contribution in [0.2, 0.25) is 0 Å². The molecular weight excluding hydrogens is 204 g/mol. The first kappa shape index (κ1) is 11.5. The van der Waals surface area contributed by atoms with Crippen molar-refractivity contribution < 1.29 is 0 Å². The van der Waals surface area contributed by atoms with Crippen LogP contribution in [-0.4, -0.2) is 51.3 Å². The van der Waals surface area contributed by atoms with E-state index >= 15 is 0 Å². The first-order chi connectivity index (χ1) is 7.90. The zero-order valence-electron chi connectivity index (χ0n) is 9.89. The molecule has 0 atom stereocenters. The molecule has 0 spiro atoms. The molecule has 0 aliphatic carbocycles. The average Bonchev–Trinajstić information content (AvgIpc) is 2.56. The normalized spacial score (nSPS) is 18.6. The Kier molecular flexibility index (Phi) is 4.24. The van der Waals surface area contributed by atoms with E-state index in [0.717, 1.165) is 51.5 Å². The van der Waals surface area contributed by atoms with Gasteiger partial charge >= 0.3 is 0 Å². The lowest BCUT2D eigenvalue weighted by Crippen LogP contribution is -2.29. The number of hydrogen-bond donors (Lipinski definition) is 1. The third-order valence-corrected chi connectivity index (χ3v) is 2.84. The van der Waals surface area contributed by atoms with Crippen molar-refractivity contribution in [3.8, 4) is 0 Å². The molecule has 0 radical (unpaired) electrons. The standard InChI is InChI=1S/C10H20N6/c1-2-6-16-10(12-13-14-16)9-15-7-3-4-11-5-8-15/h11H,2-9H2,1H3. The average molecular weight is 224 g/mol. The van der Waals surface area contributed by atoms with Gasteiger partial charge < -0.3 is 5.32 Å². The van der Waals surface area contributed by atoms with Crippen molar-refractivity contribution in [3.05, 3.63) is 5.82 Å². The van der Waals surface area contributed by atoms with Crippen LogP contribution in [0.4, 0.5) is 0 Å². The molecule has 0 bridgehead atoms. The predicted octanol–water partition coefficient (Wildman–Crippen LogP) is -0.122. The molecule has 1 fully saturated rings. The Morgan fingerprint density at radius 1 is 1.31 bits per heavy atom. The van der Waals surface area contributed by atoms with Gasteiger partial charge in [0.05, 0.1) is 6.54 Å². The van der Waals surface area contributed by atoms with Crippen molar-refractivity contribution in [2.24, 2.45) is 0 Å². The predicted molar refractivity (Wildman–Crippen MR) is 60.9 cm³/mol. The summed E-state index contributed by atoms with van der Waals surface area (Å²) in [7, 11) is 0. The van der Waals surface area contributed by atoms with Crippen LogP contribution in [0, 0.1) is 0 Å². The molecule has 2 heterocycles. The Balaban J connectivity index is 1.93. The zero-order chi connectivity index (χ0) is 11.2. The quantitative estimate of drug-likeness (QED) is 0.772. The molecule has 0 aromatic carbocycles. The van der Waals surface area contributed by atoms with Gasteiger partial charge in [0.1, 0.15) is 0 Å². The van der Waals surface area contributed by atoms with Gasteiger partial charge in [0, 0.05) is 19.6 Å². The van der Waals surface area contributed by atoms with E-state index in [1.807, 2.05) is 4.68 Å².